The summed E-state index contributed by atoms with van der Waals surface area (Å²) < 4.78 is 16.3. The van der Waals surface area contributed by atoms with E-state index in [9.17, 15) is 4.79 Å². The fraction of sp³-hybridized carbons (Fsp3) is 0.889. The van der Waals surface area contributed by atoms with Gasteiger partial charge in [0.15, 0.2) is 0 Å². The van der Waals surface area contributed by atoms with Crippen LogP contribution in [0.15, 0.2) is 4.99 Å². The first-order valence-corrected chi connectivity index (χ1v) is 6.95. The Morgan fingerprint density at radius 1 is 1.33 bits per heavy atom. The summed E-state index contributed by atoms with van der Waals surface area (Å²) in [5.74, 6) is 0. The molecule has 0 amide bonds. The molecular weight excluding hydrogens is 214 g/mol. The lowest BCUT2D eigenvalue weighted by Gasteiger charge is -2.25. The molecule has 88 valence electrons. The Bertz CT molecular complexity index is 202. The highest BCUT2D eigenvalue weighted by Crippen LogP contribution is 2.16. The third kappa shape index (κ3) is 5.81. The molecule has 0 radical (unpaired) electrons. The minimum Gasteiger partial charge on any atom is -0.377 e. The van der Waals surface area contributed by atoms with Gasteiger partial charge in [0.1, 0.15) is 0 Å². The van der Waals surface area contributed by atoms with Crippen molar-refractivity contribution in [3.63, 3.8) is 0 Å². The number of rotatable bonds is 9. The first-order valence-electron chi connectivity index (χ1n) is 5.02. The van der Waals surface area contributed by atoms with Gasteiger partial charge >= 0.3 is 8.80 Å². The smallest absolute Gasteiger partial charge is 0.377 e. The molecule has 0 saturated heterocycles. The minimum absolute atomic E-state index is 0.445. The summed E-state index contributed by atoms with van der Waals surface area (Å²) >= 11 is 0. The number of hydrogen-bond acceptors (Lipinski definition) is 5. The lowest BCUT2D eigenvalue weighted by atomic mass is 10.5. The van der Waals surface area contributed by atoms with Crippen LogP contribution in [0.2, 0.25) is 6.04 Å². The van der Waals surface area contributed by atoms with Gasteiger partial charge in [-0.25, -0.2) is 9.79 Å². The zero-order valence-electron chi connectivity index (χ0n) is 9.62. The Morgan fingerprint density at radius 2 is 2.00 bits per heavy atom. The van der Waals surface area contributed by atoms with E-state index in [0.717, 1.165) is 6.42 Å². The van der Waals surface area contributed by atoms with Gasteiger partial charge in [0.2, 0.25) is 6.08 Å². The van der Waals surface area contributed by atoms with E-state index in [0.29, 0.717) is 25.6 Å². The Morgan fingerprint density at radius 3 is 2.47 bits per heavy atom. The zero-order chi connectivity index (χ0) is 11.6. The van der Waals surface area contributed by atoms with Crippen molar-refractivity contribution in [2.75, 3.05) is 27.4 Å². The fourth-order valence-corrected chi connectivity index (χ4v) is 3.22. The van der Waals surface area contributed by atoms with Crippen LogP contribution in [0.25, 0.3) is 0 Å². The van der Waals surface area contributed by atoms with E-state index in [1.165, 1.54) is 6.08 Å². The molecule has 0 unspecified atom stereocenters. The molecule has 5 nitrogen and oxygen atoms in total. The largest absolute Gasteiger partial charge is 0.500 e. The van der Waals surface area contributed by atoms with Crippen LogP contribution in [0.4, 0.5) is 0 Å². The van der Waals surface area contributed by atoms with Crippen molar-refractivity contribution < 1.29 is 18.1 Å². The van der Waals surface area contributed by atoms with E-state index >= 15 is 0 Å². The second-order valence-electron chi connectivity index (χ2n) is 3.02. The Balaban J connectivity index is 4.04. The maximum Gasteiger partial charge on any atom is 0.500 e. The maximum atomic E-state index is 9.87. The van der Waals surface area contributed by atoms with E-state index in [4.69, 9.17) is 13.3 Å². The van der Waals surface area contributed by atoms with Crippen LogP contribution in [-0.2, 0) is 18.1 Å². The normalized spacial score (nSPS) is 11.1. The lowest BCUT2D eigenvalue weighted by Crippen LogP contribution is -2.44. The van der Waals surface area contributed by atoms with Crippen LogP contribution in [-0.4, -0.2) is 42.3 Å². The summed E-state index contributed by atoms with van der Waals surface area (Å²) in [5, 5.41) is 0. The second-order valence-corrected chi connectivity index (χ2v) is 5.99. The van der Waals surface area contributed by atoms with Gasteiger partial charge in [-0.15, -0.1) is 0 Å². The Labute approximate surface area is 91.8 Å². The molecule has 0 N–H and O–H groups in total. The fourth-order valence-electron chi connectivity index (χ4n) is 1.16. The average Bonchev–Trinajstić information content (AvgIpc) is 2.29. The van der Waals surface area contributed by atoms with Crippen molar-refractivity contribution in [2.24, 2.45) is 4.99 Å². The monoisotopic (exact) mass is 233 g/mol. The Hall–Kier alpha value is -0.523. The highest BCUT2D eigenvalue weighted by molar-refractivity contribution is 6.60. The van der Waals surface area contributed by atoms with E-state index in [-0.39, 0.29) is 0 Å². The molecule has 0 rings (SSSR count). The van der Waals surface area contributed by atoms with Crippen molar-refractivity contribution in [2.45, 2.75) is 25.8 Å². The van der Waals surface area contributed by atoms with Crippen LogP contribution < -0.4 is 0 Å². The molecule has 0 aliphatic rings. The minimum atomic E-state index is -2.50. The van der Waals surface area contributed by atoms with Gasteiger partial charge in [-0.1, -0.05) is 6.92 Å². The van der Waals surface area contributed by atoms with Crippen molar-refractivity contribution >= 4 is 14.9 Å². The first kappa shape index (κ1) is 14.5. The molecule has 0 aromatic carbocycles. The van der Waals surface area contributed by atoms with Crippen molar-refractivity contribution in [3.8, 4) is 0 Å². The van der Waals surface area contributed by atoms with Crippen LogP contribution in [0.5, 0.6) is 0 Å². The summed E-state index contributed by atoms with van der Waals surface area (Å²) in [6, 6.07) is 0.672. The van der Waals surface area contributed by atoms with Gasteiger partial charge in [-0.05, 0) is 12.8 Å². The number of aliphatic imine (C=N–C) groups is 1. The molecule has 0 aromatic heterocycles. The number of carbonyl (C=O) groups excluding carboxylic acids is 1. The summed E-state index contributed by atoms with van der Waals surface area (Å²) in [7, 11) is 0.679. The average molecular weight is 233 g/mol. The van der Waals surface area contributed by atoms with Gasteiger partial charge in [0.25, 0.3) is 0 Å². The van der Waals surface area contributed by atoms with Gasteiger partial charge in [-0.2, -0.15) is 0 Å². The molecule has 0 aliphatic heterocycles. The lowest BCUT2D eigenvalue weighted by molar-refractivity contribution is 0.0980. The molecule has 0 aromatic rings. The summed E-state index contributed by atoms with van der Waals surface area (Å²) in [5.41, 5.74) is 0. The second kappa shape index (κ2) is 8.76. The summed E-state index contributed by atoms with van der Waals surface area (Å²) in [4.78, 5) is 13.3. The molecule has 0 atom stereocenters. The number of hydrogen-bond donors (Lipinski definition) is 0. The summed E-state index contributed by atoms with van der Waals surface area (Å²) in [6.45, 7) is 3.10. The molecule has 15 heavy (non-hydrogen) atoms. The molecule has 0 spiro atoms. The predicted octanol–water partition coefficient (Wildman–Crippen LogP) is 1.37. The van der Waals surface area contributed by atoms with Crippen LogP contribution in [0.3, 0.4) is 0 Å². The van der Waals surface area contributed by atoms with Crippen molar-refractivity contribution in [1.82, 2.24) is 0 Å². The quantitative estimate of drug-likeness (QED) is 0.261. The van der Waals surface area contributed by atoms with Crippen molar-refractivity contribution in [3.05, 3.63) is 0 Å². The molecule has 0 bridgehead atoms. The first-order chi connectivity index (χ1) is 7.24. The van der Waals surface area contributed by atoms with E-state index in [2.05, 4.69) is 4.99 Å². The summed E-state index contributed by atoms with van der Waals surface area (Å²) in [6.07, 6.45) is 3.14. The Kier molecular flexibility index (Phi) is 8.45. The van der Waals surface area contributed by atoms with Crippen LogP contribution in [0, 0.1) is 0 Å². The molecule has 6 heteroatoms. The van der Waals surface area contributed by atoms with Gasteiger partial charge in [0.05, 0.1) is 6.54 Å². The van der Waals surface area contributed by atoms with Gasteiger partial charge in [0, 0.05) is 26.9 Å². The highest BCUT2D eigenvalue weighted by Gasteiger charge is 2.37. The predicted molar refractivity (Wildman–Crippen MR) is 58.4 cm³/mol. The standard InChI is InChI=1S/C9H19NO4Si/c1-4-7-14-15(12-2,13-3)8-5-6-10-9-11/h4-8H2,1-3H3. The maximum absolute atomic E-state index is 9.87. The van der Waals surface area contributed by atoms with Gasteiger partial charge < -0.3 is 13.3 Å². The SMILES string of the molecule is CCCO[Si](CCCN=C=O)(OC)OC. The highest BCUT2D eigenvalue weighted by atomic mass is 28.4. The third-order valence-corrected chi connectivity index (χ3v) is 4.82. The van der Waals surface area contributed by atoms with Crippen molar-refractivity contribution in [1.29, 1.82) is 0 Å². The molecule has 0 heterocycles. The number of nitrogens with zero attached hydrogens (tertiary/aromatic N) is 1. The molecule has 0 fully saturated rings. The number of isocyanates is 1. The van der Waals surface area contributed by atoms with E-state index in [1.807, 2.05) is 6.92 Å². The zero-order valence-corrected chi connectivity index (χ0v) is 10.6. The molecule has 0 saturated carbocycles. The van der Waals surface area contributed by atoms with Crippen LogP contribution >= 0.6 is 0 Å². The van der Waals surface area contributed by atoms with E-state index in [1.54, 1.807) is 14.2 Å². The third-order valence-electron chi connectivity index (χ3n) is 1.97. The van der Waals surface area contributed by atoms with E-state index < -0.39 is 8.80 Å². The van der Waals surface area contributed by atoms with Crippen LogP contribution in [0.1, 0.15) is 19.8 Å². The van der Waals surface area contributed by atoms with Gasteiger partial charge in [-0.3, -0.25) is 0 Å². The molecule has 0 aliphatic carbocycles. The molecular formula is C9H19NO4Si. The topological polar surface area (TPSA) is 57.1 Å².